The number of halogens is 4. The van der Waals surface area contributed by atoms with E-state index in [0.717, 1.165) is 4.90 Å². The number of aromatic nitrogens is 1. The van der Waals surface area contributed by atoms with E-state index in [-0.39, 0.29) is 13.0 Å². The summed E-state index contributed by atoms with van der Waals surface area (Å²) in [6.07, 6.45) is -2.68. The highest BCUT2D eigenvalue weighted by molar-refractivity contribution is 5.94. The summed E-state index contributed by atoms with van der Waals surface area (Å²) in [6.45, 7) is -1.19. The van der Waals surface area contributed by atoms with E-state index in [1.165, 1.54) is 24.4 Å². The highest BCUT2D eigenvalue weighted by Crippen LogP contribution is 2.26. The molecule has 0 radical (unpaired) electrons. The van der Waals surface area contributed by atoms with Crippen molar-refractivity contribution < 1.29 is 22.4 Å². The van der Waals surface area contributed by atoms with Gasteiger partial charge in [-0.15, -0.1) is 0 Å². The van der Waals surface area contributed by atoms with Gasteiger partial charge in [0.2, 0.25) is 5.91 Å². The second-order valence-corrected chi connectivity index (χ2v) is 5.38. The minimum atomic E-state index is -4.41. The second-order valence-electron chi connectivity index (χ2n) is 5.38. The first kappa shape index (κ1) is 15.5. The van der Waals surface area contributed by atoms with Gasteiger partial charge < -0.3 is 10.2 Å². The van der Waals surface area contributed by atoms with Crippen molar-refractivity contribution in [3.8, 4) is 0 Å². The van der Waals surface area contributed by atoms with Crippen molar-refractivity contribution in [1.82, 2.24) is 9.88 Å². The lowest BCUT2D eigenvalue weighted by atomic mass is 10.1. The summed E-state index contributed by atoms with van der Waals surface area (Å²) < 4.78 is 50.5. The Balaban J connectivity index is 1.79. The molecule has 1 aliphatic heterocycles. The molecule has 0 bridgehead atoms. The van der Waals surface area contributed by atoms with Crippen LogP contribution in [0.15, 0.2) is 30.5 Å². The molecule has 4 nitrogen and oxygen atoms in total. The number of alkyl halides is 3. The SMILES string of the molecule is O=C1C(Nc2ccnc3cc(F)ccc23)CCN1CC(F)(F)F. The molecule has 1 unspecified atom stereocenters. The van der Waals surface area contributed by atoms with Crippen LogP contribution in [-0.4, -0.2) is 41.1 Å². The molecule has 23 heavy (non-hydrogen) atoms. The summed E-state index contributed by atoms with van der Waals surface area (Å²) in [4.78, 5) is 16.9. The van der Waals surface area contributed by atoms with Crippen LogP contribution in [0.5, 0.6) is 0 Å². The average molecular weight is 327 g/mol. The van der Waals surface area contributed by atoms with Crippen LogP contribution in [0.4, 0.5) is 23.2 Å². The molecule has 0 saturated carbocycles. The van der Waals surface area contributed by atoms with Crippen molar-refractivity contribution in [2.24, 2.45) is 0 Å². The zero-order valence-corrected chi connectivity index (χ0v) is 11.9. The van der Waals surface area contributed by atoms with E-state index in [4.69, 9.17) is 0 Å². The Morgan fingerprint density at radius 3 is 2.83 bits per heavy atom. The number of likely N-dealkylation sites (tertiary alicyclic amines) is 1. The molecular weight excluding hydrogens is 314 g/mol. The summed E-state index contributed by atoms with van der Waals surface area (Å²) in [5.74, 6) is -1.02. The van der Waals surface area contributed by atoms with Gasteiger partial charge >= 0.3 is 6.18 Å². The number of fused-ring (bicyclic) bond motifs is 1. The van der Waals surface area contributed by atoms with Crippen LogP contribution in [0.2, 0.25) is 0 Å². The molecule has 3 rings (SSSR count). The number of hydrogen-bond acceptors (Lipinski definition) is 3. The molecule has 1 saturated heterocycles. The molecule has 122 valence electrons. The molecule has 1 atom stereocenters. The lowest BCUT2D eigenvalue weighted by molar-refractivity contribution is -0.157. The van der Waals surface area contributed by atoms with Gasteiger partial charge in [0.05, 0.1) is 5.52 Å². The normalized spacial score (nSPS) is 18.7. The van der Waals surface area contributed by atoms with Crippen molar-refractivity contribution >= 4 is 22.5 Å². The Morgan fingerprint density at radius 1 is 1.30 bits per heavy atom. The number of carbonyl (C=O) groups excluding carboxylic acids is 1. The van der Waals surface area contributed by atoms with Crippen molar-refractivity contribution in [3.05, 3.63) is 36.3 Å². The number of hydrogen-bond donors (Lipinski definition) is 1. The third kappa shape index (κ3) is 3.35. The van der Waals surface area contributed by atoms with Gasteiger partial charge in [0.1, 0.15) is 18.4 Å². The monoisotopic (exact) mass is 327 g/mol. The van der Waals surface area contributed by atoms with E-state index in [0.29, 0.717) is 16.6 Å². The van der Waals surface area contributed by atoms with E-state index in [1.54, 1.807) is 6.07 Å². The molecular formula is C15H13F4N3O. The fourth-order valence-corrected chi connectivity index (χ4v) is 2.68. The molecule has 1 amide bonds. The van der Waals surface area contributed by atoms with Gasteiger partial charge in [-0.1, -0.05) is 0 Å². The predicted molar refractivity (Wildman–Crippen MR) is 76.4 cm³/mol. The molecule has 0 spiro atoms. The third-order valence-corrected chi connectivity index (χ3v) is 3.70. The molecule has 2 heterocycles. The zero-order valence-electron chi connectivity index (χ0n) is 11.9. The largest absolute Gasteiger partial charge is 0.406 e. The summed E-state index contributed by atoms with van der Waals surface area (Å²) in [5, 5.41) is 3.56. The van der Waals surface area contributed by atoms with Crippen LogP contribution in [0.25, 0.3) is 10.9 Å². The zero-order chi connectivity index (χ0) is 16.6. The Hall–Kier alpha value is -2.38. The third-order valence-electron chi connectivity index (χ3n) is 3.70. The quantitative estimate of drug-likeness (QED) is 0.882. The minimum absolute atomic E-state index is 0.0493. The fraction of sp³-hybridized carbons (Fsp3) is 0.333. The number of nitrogens with one attached hydrogen (secondary N) is 1. The van der Waals surface area contributed by atoms with Gasteiger partial charge in [-0.3, -0.25) is 9.78 Å². The summed E-state index contributed by atoms with van der Waals surface area (Å²) in [6, 6.07) is 4.93. The number of rotatable bonds is 3. The minimum Gasteiger partial charge on any atom is -0.373 e. The van der Waals surface area contributed by atoms with Gasteiger partial charge in [0.25, 0.3) is 0 Å². The van der Waals surface area contributed by atoms with Crippen LogP contribution in [0.1, 0.15) is 6.42 Å². The molecule has 1 N–H and O–H groups in total. The van der Waals surface area contributed by atoms with E-state index < -0.39 is 30.5 Å². The van der Waals surface area contributed by atoms with E-state index in [2.05, 4.69) is 10.3 Å². The number of pyridine rings is 1. The number of carbonyl (C=O) groups is 1. The first-order valence-electron chi connectivity index (χ1n) is 7.00. The topological polar surface area (TPSA) is 45.2 Å². The first-order chi connectivity index (χ1) is 10.8. The van der Waals surface area contributed by atoms with E-state index in [1.807, 2.05) is 0 Å². The molecule has 1 aromatic heterocycles. The highest BCUT2D eigenvalue weighted by Gasteiger charge is 2.39. The average Bonchev–Trinajstić information content (AvgIpc) is 2.78. The van der Waals surface area contributed by atoms with Crippen molar-refractivity contribution in [2.45, 2.75) is 18.6 Å². The Kier molecular flexibility index (Phi) is 3.83. The highest BCUT2D eigenvalue weighted by atomic mass is 19.4. The predicted octanol–water partition coefficient (Wildman–Crippen LogP) is 2.95. The lowest BCUT2D eigenvalue weighted by Crippen LogP contribution is -2.39. The fourth-order valence-electron chi connectivity index (χ4n) is 2.68. The van der Waals surface area contributed by atoms with Gasteiger partial charge in [0, 0.05) is 29.9 Å². The van der Waals surface area contributed by atoms with Crippen molar-refractivity contribution in [3.63, 3.8) is 0 Å². The standard InChI is InChI=1S/C15H13F4N3O/c16-9-1-2-10-11(3-5-20-13(10)7-9)21-12-4-6-22(14(12)23)8-15(17,18)19/h1-3,5,7,12H,4,6,8H2,(H,20,21). The van der Waals surface area contributed by atoms with Crippen LogP contribution < -0.4 is 5.32 Å². The summed E-state index contributed by atoms with van der Waals surface area (Å²) in [7, 11) is 0. The number of nitrogens with zero attached hydrogens (tertiary/aromatic N) is 2. The van der Waals surface area contributed by atoms with Crippen molar-refractivity contribution in [1.29, 1.82) is 0 Å². The van der Waals surface area contributed by atoms with Gasteiger partial charge in [-0.25, -0.2) is 4.39 Å². The van der Waals surface area contributed by atoms with Crippen LogP contribution in [0, 0.1) is 5.82 Å². The molecule has 0 aliphatic carbocycles. The van der Waals surface area contributed by atoms with Crippen molar-refractivity contribution in [2.75, 3.05) is 18.4 Å². The van der Waals surface area contributed by atoms with Gasteiger partial charge in [-0.2, -0.15) is 13.2 Å². The van der Waals surface area contributed by atoms with Crippen LogP contribution in [0.3, 0.4) is 0 Å². The van der Waals surface area contributed by atoms with Crippen LogP contribution in [-0.2, 0) is 4.79 Å². The summed E-state index contributed by atoms with van der Waals surface area (Å²) >= 11 is 0. The van der Waals surface area contributed by atoms with E-state index in [9.17, 15) is 22.4 Å². The van der Waals surface area contributed by atoms with Crippen LogP contribution >= 0.6 is 0 Å². The molecule has 1 aromatic carbocycles. The Bertz CT molecular complexity index is 747. The van der Waals surface area contributed by atoms with Gasteiger partial charge in [-0.05, 0) is 24.6 Å². The lowest BCUT2D eigenvalue weighted by Gasteiger charge is -2.19. The van der Waals surface area contributed by atoms with Gasteiger partial charge in [0.15, 0.2) is 0 Å². The Labute approximate surface area is 129 Å². The molecule has 2 aromatic rings. The smallest absolute Gasteiger partial charge is 0.373 e. The number of anilines is 1. The maximum Gasteiger partial charge on any atom is 0.406 e. The number of amides is 1. The maximum absolute atomic E-state index is 13.2. The maximum atomic E-state index is 13.2. The summed E-state index contributed by atoms with van der Waals surface area (Å²) in [5.41, 5.74) is 0.954. The first-order valence-corrected chi connectivity index (χ1v) is 7.00. The molecule has 1 aliphatic rings. The molecule has 1 fully saturated rings. The van der Waals surface area contributed by atoms with E-state index >= 15 is 0 Å². The Morgan fingerprint density at radius 2 is 2.09 bits per heavy atom. The molecule has 8 heteroatoms. The number of benzene rings is 1. The second kappa shape index (κ2) is 5.68.